The van der Waals surface area contributed by atoms with Crippen molar-refractivity contribution in [3.8, 4) is 0 Å². The zero-order chi connectivity index (χ0) is 13.3. The summed E-state index contributed by atoms with van der Waals surface area (Å²) in [5.41, 5.74) is 5.39. The van der Waals surface area contributed by atoms with E-state index in [1.807, 2.05) is 24.3 Å². The van der Waals surface area contributed by atoms with Gasteiger partial charge in [0.2, 0.25) is 5.91 Å². The molecule has 1 amide bonds. The van der Waals surface area contributed by atoms with Crippen LogP contribution in [0, 0.1) is 5.92 Å². The molecule has 1 unspecified atom stereocenters. The number of ether oxygens (including phenoxy) is 1. The minimum absolute atomic E-state index is 0.375. The zero-order valence-electron chi connectivity index (χ0n) is 9.98. The Morgan fingerprint density at radius 3 is 2.67 bits per heavy atom. The van der Waals surface area contributed by atoms with Gasteiger partial charge in [0.25, 0.3) is 0 Å². The summed E-state index contributed by atoms with van der Waals surface area (Å²) in [4.78, 5) is 23.6. The third-order valence-corrected chi connectivity index (χ3v) is 4.18. The summed E-state index contributed by atoms with van der Waals surface area (Å²) in [6.07, 6.45) is 1.21. The van der Waals surface area contributed by atoms with E-state index < -0.39 is 17.2 Å². The zero-order valence-corrected chi connectivity index (χ0v) is 11.6. The average Bonchev–Trinajstić information content (AvgIpc) is 2.27. The van der Waals surface area contributed by atoms with E-state index in [1.54, 1.807) is 0 Å². The molecule has 5 heteroatoms. The summed E-state index contributed by atoms with van der Waals surface area (Å²) < 4.78 is 5.61. The van der Waals surface area contributed by atoms with Crippen molar-refractivity contribution in [1.82, 2.24) is 0 Å². The van der Waals surface area contributed by atoms with Crippen LogP contribution in [-0.4, -0.2) is 19.0 Å². The summed E-state index contributed by atoms with van der Waals surface area (Å²) in [6.45, 7) is 0. The Hall–Kier alpha value is -1.36. The van der Waals surface area contributed by atoms with E-state index >= 15 is 0 Å². The number of carbonyl (C=O) groups is 2. The summed E-state index contributed by atoms with van der Waals surface area (Å²) in [5, 5.41) is 0. The fraction of sp³-hybridized carbons (Fsp3) is 0.385. The Morgan fingerprint density at radius 2 is 2.22 bits per heavy atom. The number of methoxy groups -OCH3 is 1. The summed E-state index contributed by atoms with van der Waals surface area (Å²) in [6, 6.07) is 7.35. The van der Waals surface area contributed by atoms with Gasteiger partial charge in [0.15, 0.2) is 0 Å². The van der Waals surface area contributed by atoms with Crippen LogP contribution in [0.2, 0.25) is 0 Å². The maximum Gasteiger partial charge on any atom is 0.310 e. The number of hydrogen-bond acceptors (Lipinski definition) is 3. The molecule has 0 spiro atoms. The SMILES string of the molecule is COC(=O)C1CC[C@]1(C(N)=O)c1cccc(Br)c1. The van der Waals surface area contributed by atoms with Gasteiger partial charge in [-0.1, -0.05) is 28.1 Å². The first-order chi connectivity index (χ1) is 8.52. The lowest BCUT2D eigenvalue weighted by Crippen LogP contribution is -2.57. The molecule has 1 fully saturated rings. The first-order valence-electron chi connectivity index (χ1n) is 5.66. The maximum absolute atomic E-state index is 11.8. The molecular weight excluding hydrogens is 298 g/mol. The standard InChI is InChI=1S/C13H14BrNO3/c1-18-11(16)10-5-6-13(10,12(15)17)8-3-2-4-9(14)7-8/h2-4,7,10H,5-6H2,1H3,(H2,15,17)/t10?,13-/m0/s1. The number of halogens is 1. The highest BCUT2D eigenvalue weighted by Crippen LogP contribution is 2.49. The molecule has 2 N–H and O–H groups in total. The van der Waals surface area contributed by atoms with Gasteiger partial charge < -0.3 is 10.5 Å². The monoisotopic (exact) mass is 311 g/mol. The Balaban J connectivity index is 2.46. The number of nitrogens with two attached hydrogens (primary N) is 1. The third-order valence-electron chi connectivity index (χ3n) is 3.69. The highest BCUT2D eigenvalue weighted by atomic mass is 79.9. The van der Waals surface area contributed by atoms with Crippen LogP contribution in [-0.2, 0) is 19.7 Å². The van der Waals surface area contributed by atoms with Crippen molar-refractivity contribution >= 4 is 27.8 Å². The molecular formula is C13H14BrNO3. The van der Waals surface area contributed by atoms with Gasteiger partial charge in [0.1, 0.15) is 0 Å². The molecule has 0 aromatic heterocycles. The topological polar surface area (TPSA) is 69.4 Å². The fourth-order valence-electron chi connectivity index (χ4n) is 2.59. The quantitative estimate of drug-likeness (QED) is 0.865. The molecule has 1 saturated carbocycles. The predicted molar refractivity (Wildman–Crippen MR) is 69.8 cm³/mol. The minimum Gasteiger partial charge on any atom is -0.469 e. The Labute approximate surface area is 114 Å². The molecule has 1 aliphatic carbocycles. The van der Waals surface area contributed by atoms with E-state index in [4.69, 9.17) is 10.5 Å². The van der Waals surface area contributed by atoms with Crippen molar-refractivity contribution in [2.45, 2.75) is 18.3 Å². The van der Waals surface area contributed by atoms with Crippen molar-refractivity contribution in [2.24, 2.45) is 11.7 Å². The van der Waals surface area contributed by atoms with Crippen LogP contribution in [0.1, 0.15) is 18.4 Å². The molecule has 2 atom stereocenters. The maximum atomic E-state index is 11.8. The molecule has 0 bridgehead atoms. The third kappa shape index (κ3) is 1.82. The van der Waals surface area contributed by atoms with Crippen LogP contribution >= 0.6 is 15.9 Å². The molecule has 2 rings (SSSR count). The number of rotatable bonds is 3. The minimum atomic E-state index is -0.920. The Kier molecular flexibility index (Phi) is 3.43. The predicted octanol–water partition coefficient (Wildman–Crippen LogP) is 1.76. The first kappa shape index (κ1) is 13.1. The summed E-state index contributed by atoms with van der Waals surface area (Å²) in [7, 11) is 1.33. The lowest BCUT2D eigenvalue weighted by atomic mass is 9.56. The second-order valence-corrected chi connectivity index (χ2v) is 5.38. The van der Waals surface area contributed by atoms with E-state index in [0.29, 0.717) is 12.8 Å². The van der Waals surface area contributed by atoms with Gasteiger partial charge in [0.05, 0.1) is 18.4 Å². The van der Waals surface area contributed by atoms with E-state index in [9.17, 15) is 9.59 Å². The smallest absolute Gasteiger partial charge is 0.310 e. The molecule has 4 nitrogen and oxygen atoms in total. The normalized spacial score (nSPS) is 26.2. The Bertz CT molecular complexity index is 503. The van der Waals surface area contributed by atoms with Crippen molar-refractivity contribution < 1.29 is 14.3 Å². The largest absolute Gasteiger partial charge is 0.469 e. The molecule has 1 aromatic carbocycles. The first-order valence-corrected chi connectivity index (χ1v) is 6.45. The molecule has 0 radical (unpaired) electrons. The van der Waals surface area contributed by atoms with Gasteiger partial charge in [-0.15, -0.1) is 0 Å². The number of esters is 1. The lowest BCUT2D eigenvalue weighted by molar-refractivity contribution is -0.157. The van der Waals surface area contributed by atoms with E-state index in [0.717, 1.165) is 10.0 Å². The van der Waals surface area contributed by atoms with Gasteiger partial charge >= 0.3 is 5.97 Å². The number of primary amides is 1. The average molecular weight is 312 g/mol. The van der Waals surface area contributed by atoms with Crippen LogP contribution in [0.5, 0.6) is 0 Å². The number of amides is 1. The molecule has 1 aromatic rings. The summed E-state index contributed by atoms with van der Waals surface area (Å²) in [5.74, 6) is -1.32. The molecule has 18 heavy (non-hydrogen) atoms. The number of carbonyl (C=O) groups excluding carboxylic acids is 2. The van der Waals surface area contributed by atoms with Crippen LogP contribution in [0.15, 0.2) is 28.7 Å². The molecule has 0 saturated heterocycles. The van der Waals surface area contributed by atoms with E-state index in [1.165, 1.54) is 7.11 Å². The summed E-state index contributed by atoms with van der Waals surface area (Å²) >= 11 is 3.36. The second-order valence-electron chi connectivity index (χ2n) is 4.46. The fourth-order valence-corrected chi connectivity index (χ4v) is 2.99. The van der Waals surface area contributed by atoms with Crippen LogP contribution in [0.3, 0.4) is 0 Å². The van der Waals surface area contributed by atoms with Crippen molar-refractivity contribution in [1.29, 1.82) is 0 Å². The van der Waals surface area contributed by atoms with Crippen molar-refractivity contribution in [3.63, 3.8) is 0 Å². The van der Waals surface area contributed by atoms with Gasteiger partial charge in [-0.3, -0.25) is 9.59 Å². The molecule has 1 aliphatic rings. The Morgan fingerprint density at radius 1 is 1.50 bits per heavy atom. The van der Waals surface area contributed by atoms with E-state index in [-0.39, 0.29) is 5.97 Å². The van der Waals surface area contributed by atoms with Crippen LogP contribution in [0.25, 0.3) is 0 Å². The van der Waals surface area contributed by atoms with E-state index in [2.05, 4.69) is 15.9 Å². The van der Waals surface area contributed by atoms with Gasteiger partial charge in [-0.05, 0) is 30.5 Å². The highest BCUT2D eigenvalue weighted by molar-refractivity contribution is 9.10. The second kappa shape index (κ2) is 4.72. The van der Waals surface area contributed by atoms with Crippen molar-refractivity contribution in [2.75, 3.05) is 7.11 Å². The van der Waals surface area contributed by atoms with Gasteiger partial charge in [-0.2, -0.15) is 0 Å². The van der Waals surface area contributed by atoms with Crippen LogP contribution in [0.4, 0.5) is 0 Å². The molecule has 0 aliphatic heterocycles. The number of hydrogen-bond donors (Lipinski definition) is 1. The van der Waals surface area contributed by atoms with Crippen molar-refractivity contribution in [3.05, 3.63) is 34.3 Å². The lowest BCUT2D eigenvalue weighted by Gasteiger charge is -2.45. The van der Waals surface area contributed by atoms with Gasteiger partial charge in [0, 0.05) is 4.47 Å². The van der Waals surface area contributed by atoms with Gasteiger partial charge in [-0.25, -0.2) is 0 Å². The highest BCUT2D eigenvalue weighted by Gasteiger charge is 2.56. The molecule has 96 valence electrons. The van der Waals surface area contributed by atoms with Crippen LogP contribution < -0.4 is 5.73 Å². The number of benzene rings is 1. The molecule has 0 heterocycles.